The first-order valence-corrected chi connectivity index (χ1v) is 23.7. The molecule has 4 heterocycles. The van der Waals surface area contributed by atoms with Crippen LogP contribution in [-0.4, -0.2) is 29.1 Å². The van der Waals surface area contributed by atoms with Gasteiger partial charge >= 0.3 is 24.7 Å². The molecule has 0 bridgehead atoms. The summed E-state index contributed by atoms with van der Waals surface area (Å²) in [5.74, 6) is 0.652. The Labute approximate surface area is 433 Å². The lowest BCUT2D eigenvalue weighted by Crippen LogP contribution is -2.06. The van der Waals surface area contributed by atoms with E-state index in [2.05, 4.69) is 4.98 Å². The van der Waals surface area contributed by atoms with E-state index in [-0.39, 0.29) is 83.6 Å². The Balaban J connectivity index is 1.21. The zero-order valence-corrected chi connectivity index (χ0v) is 39.7. The largest absolute Gasteiger partial charge is 0.416 e. The minimum atomic E-state index is -4.91. The first-order chi connectivity index (χ1) is 37.2. The van der Waals surface area contributed by atoms with E-state index in [1.54, 1.807) is 97.1 Å². The van der Waals surface area contributed by atoms with Crippen molar-refractivity contribution in [3.8, 4) is 67.8 Å². The Morgan fingerprint density at radius 3 is 0.949 bits per heavy atom. The van der Waals surface area contributed by atoms with Gasteiger partial charge in [-0.3, -0.25) is 4.98 Å². The zero-order chi connectivity index (χ0) is 54.5. The number of aromatic nitrogens is 6. The average Bonchev–Trinajstić information content (AvgIpc) is 4.18. The Morgan fingerprint density at radius 2 is 0.603 bits per heavy atom. The molecule has 0 aliphatic carbocycles. The van der Waals surface area contributed by atoms with Crippen molar-refractivity contribution in [2.45, 2.75) is 24.7 Å². The van der Waals surface area contributed by atoms with E-state index in [1.807, 2.05) is 12.1 Å². The molecule has 0 saturated heterocycles. The summed E-state index contributed by atoms with van der Waals surface area (Å²) < 4.78 is 177. The highest BCUT2D eigenvalue weighted by atomic mass is 19.4. The molecular weight excluding hydrogens is 1030 g/mol. The van der Waals surface area contributed by atoms with E-state index in [0.29, 0.717) is 27.8 Å². The molecule has 0 saturated carbocycles. The Morgan fingerprint density at radius 1 is 0.282 bits per heavy atom. The first kappa shape index (κ1) is 49.6. The predicted molar refractivity (Wildman–Crippen MR) is 273 cm³/mol. The highest BCUT2D eigenvalue weighted by Crippen LogP contribution is 2.47. The molecule has 0 amide bonds. The maximum Gasteiger partial charge on any atom is 0.416 e. The molecule has 12 rings (SSSR count). The van der Waals surface area contributed by atoms with Crippen molar-refractivity contribution in [1.82, 2.24) is 29.1 Å². The quantitative estimate of drug-likeness (QED) is 0.149. The van der Waals surface area contributed by atoms with Crippen molar-refractivity contribution in [1.29, 1.82) is 0 Å². The van der Waals surface area contributed by atoms with Crippen LogP contribution in [0.15, 0.2) is 194 Å². The van der Waals surface area contributed by atoms with Crippen molar-refractivity contribution in [2.24, 2.45) is 0 Å². The average molecular weight is 1060 g/mol. The van der Waals surface area contributed by atoms with Crippen LogP contribution in [0.1, 0.15) is 22.3 Å². The summed E-state index contributed by atoms with van der Waals surface area (Å²) in [7, 11) is 0. The van der Waals surface area contributed by atoms with Gasteiger partial charge in [0.15, 0.2) is 17.5 Å². The van der Waals surface area contributed by atoms with E-state index in [4.69, 9.17) is 15.0 Å². The van der Waals surface area contributed by atoms with Crippen molar-refractivity contribution < 1.29 is 52.7 Å². The summed E-state index contributed by atoms with van der Waals surface area (Å²) in [5, 5.41) is -0.694. The Bertz CT molecular complexity index is 4110. The van der Waals surface area contributed by atoms with Crippen LogP contribution >= 0.6 is 0 Å². The molecule has 8 aromatic carbocycles. The van der Waals surface area contributed by atoms with Gasteiger partial charge in [-0.05, 0) is 108 Å². The Hall–Kier alpha value is -9.32. The topological polar surface area (TPSA) is 61.4 Å². The van der Waals surface area contributed by atoms with Crippen LogP contribution < -0.4 is 0 Å². The van der Waals surface area contributed by atoms with Crippen LogP contribution in [0.3, 0.4) is 0 Å². The molecule has 0 fully saturated rings. The van der Waals surface area contributed by atoms with Crippen LogP contribution in [0.2, 0.25) is 0 Å². The van der Waals surface area contributed by atoms with Gasteiger partial charge in [0.05, 0.1) is 55.7 Å². The number of benzene rings is 8. The summed E-state index contributed by atoms with van der Waals surface area (Å²) in [6.45, 7) is 0. The Kier molecular flexibility index (Phi) is 11.5. The van der Waals surface area contributed by atoms with Crippen LogP contribution in [0.5, 0.6) is 0 Å². The van der Waals surface area contributed by atoms with Gasteiger partial charge < -0.3 is 9.13 Å². The summed E-state index contributed by atoms with van der Waals surface area (Å²) in [4.78, 5) is 18.7. The van der Waals surface area contributed by atoms with Gasteiger partial charge in [-0.15, -0.1) is 0 Å². The molecule has 12 aromatic rings. The standard InChI is InChI=1S/C60H32F12N6/c61-57(62,63)38-13-19-48-44(29-38)45-30-39(58(64,65)66)14-20-49(45)77(48)52-27-36(33-23-25-73-26-24-33)11-17-42(52)43-18-12-37(56-75-54(34-7-3-1-4-8-34)74-55(76-56)35-9-5-2-6-10-35)28-53(43)78-50-21-15-40(59(67,68)69)31-46(50)47-32-41(60(70,71)72)16-22-51(47)78/h1-32H. The van der Waals surface area contributed by atoms with Crippen molar-refractivity contribution in [2.75, 3.05) is 0 Å². The van der Waals surface area contributed by atoms with Gasteiger partial charge in [-0.25, -0.2) is 15.0 Å². The maximum atomic E-state index is 14.5. The number of hydrogen-bond acceptors (Lipinski definition) is 4. The SMILES string of the molecule is FC(F)(F)c1ccc2c(c1)c1cc(C(F)(F)F)ccc1n2-c1cc(-c2ccncc2)ccc1-c1ccc(-c2nc(-c3ccccc3)nc(-c3ccccc3)n2)cc1-n1c2ccc(C(F)(F)F)cc2c2cc(C(F)(F)F)ccc21. The lowest BCUT2D eigenvalue weighted by molar-refractivity contribution is -0.138. The first-order valence-electron chi connectivity index (χ1n) is 23.7. The fourth-order valence-electron chi connectivity index (χ4n) is 9.96. The molecule has 0 spiro atoms. The van der Waals surface area contributed by atoms with E-state index < -0.39 is 47.0 Å². The molecule has 78 heavy (non-hydrogen) atoms. The van der Waals surface area contributed by atoms with Gasteiger partial charge in [0, 0.05) is 61.8 Å². The number of nitrogens with zero attached hydrogens (tertiary/aromatic N) is 6. The zero-order valence-electron chi connectivity index (χ0n) is 39.7. The molecule has 386 valence electrons. The number of hydrogen-bond donors (Lipinski definition) is 0. The van der Waals surface area contributed by atoms with Gasteiger partial charge in [0.25, 0.3) is 0 Å². The fraction of sp³-hybridized carbons (Fsp3) is 0.0667. The number of halogens is 12. The molecule has 4 aromatic heterocycles. The smallest absolute Gasteiger partial charge is 0.309 e. The molecule has 6 nitrogen and oxygen atoms in total. The molecule has 18 heteroatoms. The normalized spacial score (nSPS) is 12.6. The molecule has 0 unspecified atom stereocenters. The van der Waals surface area contributed by atoms with Crippen LogP contribution in [0.4, 0.5) is 52.7 Å². The van der Waals surface area contributed by atoms with E-state index in [1.165, 1.54) is 21.5 Å². The van der Waals surface area contributed by atoms with Crippen LogP contribution in [0.25, 0.3) is 111 Å². The minimum absolute atomic E-state index is 0.0486. The van der Waals surface area contributed by atoms with E-state index in [9.17, 15) is 52.7 Å². The number of alkyl halides is 12. The lowest BCUT2D eigenvalue weighted by atomic mass is 9.95. The highest BCUT2D eigenvalue weighted by molar-refractivity contribution is 6.12. The fourth-order valence-corrected chi connectivity index (χ4v) is 9.96. The second kappa shape index (κ2) is 18.2. The third-order valence-electron chi connectivity index (χ3n) is 13.6. The molecule has 0 aliphatic rings. The summed E-state index contributed by atoms with van der Waals surface area (Å²) in [5.41, 5.74) is -0.615. The number of rotatable bonds is 7. The second-order valence-corrected chi connectivity index (χ2v) is 18.3. The minimum Gasteiger partial charge on any atom is -0.309 e. The van der Waals surface area contributed by atoms with Crippen molar-refractivity contribution in [3.05, 3.63) is 217 Å². The molecule has 0 aliphatic heterocycles. The maximum absolute atomic E-state index is 14.5. The predicted octanol–water partition coefficient (Wildman–Crippen LogP) is 17.9. The summed E-state index contributed by atoms with van der Waals surface area (Å²) in [6, 6.07) is 42.4. The van der Waals surface area contributed by atoms with Gasteiger partial charge in [0.1, 0.15) is 0 Å². The van der Waals surface area contributed by atoms with Gasteiger partial charge in [-0.1, -0.05) is 84.9 Å². The van der Waals surface area contributed by atoms with E-state index >= 15 is 0 Å². The molecule has 0 radical (unpaired) electrons. The second-order valence-electron chi connectivity index (χ2n) is 18.3. The third-order valence-corrected chi connectivity index (χ3v) is 13.6. The molecule has 0 N–H and O–H groups in total. The number of pyridine rings is 1. The molecule has 0 atom stereocenters. The lowest BCUT2D eigenvalue weighted by Gasteiger charge is -2.21. The monoisotopic (exact) mass is 1060 g/mol. The van der Waals surface area contributed by atoms with Gasteiger partial charge in [-0.2, -0.15) is 52.7 Å². The van der Waals surface area contributed by atoms with Crippen LogP contribution in [-0.2, 0) is 24.7 Å². The van der Waals surface area contributed by atoms with Crippen LogP contribution in [0, 0.1) is 0 Å². The highest BCUT2D eigenvalue weighted by Gasteiger charge is 2.36. The summed E-state index contributed by atoms with van der Waals surface area (Å²) >= 11 is 0. The summed E-state index contributed by atoms with van der Waals surface area (Å²) in [6.07, 6.45) is -16.5. The molecular formula is C60H32F12N6. The third kappa shape index (κ3) is 8.81. The van der Waals surface area contributed by atoms with E-state index in [0.717, 1.165) is 72.8 Å². The van der Waals surface area contributed by atoms with Crippen molar-refractivity contribution >= 4 is 43.6 Å². The van der Waals surface area contributed by atoms with Gasteiger partial charge in [0.2, 0.25) is 0 Å². The van der Waals surface area contributed by atoms with Crippen molar-refractivity contribution in [3.63, 3.8) is 0 Å². The number of fused-ring (bicyclic) bond motifs is 6.